The summed E-state index contributed by atoms with van der Waals surface area (Å²) in [5.74, 6) is 0.161. The minimum atomic E-state index is -3.16. The SMILES string of the molecule is CCCS(=O)(=O)CCN1C(=O)NC(=O)C12CCCC(C)C2. The molecule has 21 heavy (non-hydrogen) atoms. The van der Waals surface area contributed by atoms with E-state index in [0.717, 1.165) is 12.8 Å². The predicted octanol–water partition coefficient (Wildman–Crippen LogP) is 1.31. The minimum Gasteiger partial charge on any atom is -0.309 e. The fourth-order valence-electron chi connectivity index (χ4n) is 3.53. The average Bonchev–Trinajstić information content (AvgIpc) is 2.58. The number of carbonyl (C=O) groups is 2. The van der Waals surface area contributed by atoms with E-state index < -0.39 is 21.4 Å². The summed E-state index contributed by atoms with van der Waals surface area (Å²) in [6.45, 7) is 3.99. The first-order valence-electron chi connectivity index (χ1n) is 7.64. The Morgan fingerprint density at radius 3 is 2.67 bits per heavy atom. The van der Waals surface area contributed by atoms with Gasteiger partial charge < -0.3 is 4.90 Å². The topological polar surface area (TPSA) is 83.6 Å². The Balaban J connectivity index is 2.15. The largest absolute Gasteiger partial charge is 0.325 e. The van der Waals surface area contributed by atoms with Gasteiger partial charge in [0.1, 0.15) is 5.54 Å². The van der Waals surface area contributed by atoms with Gasteiger partial charge in [-0.15, -0.1) is 0 Å². The summed E-state index contributed by atoms with van der Waals surface area (Å²) in [7, 11) is -3.16. The zero-order valence-electron chi connectivity index (χ0n) is 12.7. The van der Waals surface area contributed by atoms with E-state index in [4.69, 9.17) is 0 Å². The summed E-state index contributed by atoms with van der Waals surface area (Å²) in [5.41, 5.74) is -0.823. The Morgan fingerprint density at radius 2 is 2.05 bits per heavy atom. The minimum absolute atomic E-state index is 0.0718. The van der Waals surface area contributed by atoms with Gasteiger partial charge in [0, 0.05) is 12.3 Å². The molecule has 7 heteroatoms. The van der Waals surface area contributed by atoms with E-state index in [9.17, 15) is 18.0 Å². The molecule has 1 N–H and O–H groups in total. The van der Waals surface area contributed by atoms with Crippen LogP contribution in [0.25, 0.3) is 0 Å². The first-order valence-corrected chi connectivity index (χ1v) is 9.46. The maximum atomic E-state index is 12.2. The highest BCUT2D eigenvalue weighted by molar-refractivity contribution is 7.91. The van der Waals surface area contributed by atoms with Crippen molar-refractivity contribution >= 4 is 21.8 Å². The van der Waals surface area contributed by atoms with Crippen LogP contribution in [0.15, 0.2) is 0 Å². The molecule has 2 atom stereocenters. The molecule has 1 aliphatic heterocycles. The molecule has 0 aromatic carbocycles. The second kappa shape index (κ2) is 5.94. The van der Waals surface area contributed by atoms with Crippen LogP contribution in [0.1, 0.15) is 46.0 Å². The van der Waals surface area contributed by atoms with Gasteiger partial charge in [-0.2, -0.15) is 0 Å². The van der Waals surface area contributed by atoms with Gasteiger partial charge in [-0.1, -0.05) is 26.7 Å². The van der Waals surface area contributed by atoms with Crippen molar-refractivity contribution in [1.29, 1.82) is 0 Å². The molecule has 0 radical (unpaired) electrons. The predicted molar refractivity (Wildman–Crippen MR) is 79.6 cm³/mol. The average molecular weight is 316 g/mol. The molecule has 1 saturated carbocycles. The van der Waals surface area contributed by atoms with E-state index in [0.29, 0.717) is 25.2 Å². The van der Waals surface area contributed by atoms with Crippen molar-refractivity contribution in [2.75, 3.05) is 18.1 Å². The summed E-state index contributed by atoms with van der Waals surface area (Å²) in [6, 6.07) is -0.444. The van der Waals surface area contributed by atoms with E-state index >= 15 is 0 Å². The third-order valence-electron chi connectivity index (χ3n) is 4.52. The van der Waals surface area contributed by atoms with Crippen LogP contribution >= 0.6 is 0 Å². The van der Waals surface area contributed by atoms with Gasteiger partial charge in [-0.05, 0) is 25.2 Å². The summed E-state index contributed by atoms with van der Waals surface area (Å²) in [4.78, 5) is 25.8. The second-order valence-corrected chi connectivity index (χ2v) is 8.60. The highest BCUT2D eigenvalue weighted by Gasteiger charge is 2.54. The molecule has 120 valence electrons. The van der Waals surface area contributed by atoms with Gasteiger partial charge in [-0.3, -0.25) is 10.1 Å². The lowest BCUT2D eigenvalue weighted by molar-refractivity contribution is -0.129. The van der Waals surface area contributed by atoms with Crippen LogP contribution in [0.2, 0.25) is 0 Å². The van der Waals surface area contributed by atoms with Crippen molar-refractivity contribution < 1.29 is 18.0 Å². The Bertz CT molecular complexity index is 531. The van der Waals surface area contributed by atoms with Crippen LogP contribution in [-0.4, -0.2) is 48.8 Å². The number of hydrogen-bond donors (Lipinski definition) is 1. The number of amides is 3. The molecule has 6 nitrogen and oxygen atoms in total. The third-order valence-corrected chi connectivity index (χ3v) is 6.35. The Labute approximate surface area is 126 Å². The van der Waals surface area contributed by atoms with Crippen molar-refractivity contribution in [3.63, 3.8) is 0 Å². The molecule has 0 aromatic rings. The highest BCUT2D eigenvalue weighted by atomic mass is 32.2. The maximum Gasteiger partial charge on any atom is 0.325 e. The van der Waals surface area contributed by atoms with E-state index in [2.05, 4.69) is 12.2 Å². The molecular formula is C14H24N2O4S. The number of rotatable bonds is 5. The number of nitrogens with one attached hydrogen (secondary N) is 1. The van der Waals surface area contributed by atoms with Crippen molar-refractivity contribution in [2.45, 2.75) is 51.5 Å². The molecule has 1 saturated heterocycles. The molecule has 1 aliphatic carbocycles. The number of nitrogens with zero attached hydrogens (tertiary/aromatic N) is 1. The molecule has 2 fully saturated rings. The van der Waals surface area contributed by atoms with Gasteiger partial charge in [0.2, 0.25) is 0 Å². The van der Waals surface area contributed by atoms with Gasteiger partial charge >= 0.3 is 6.03 Å². The van der Waals surface area contributed by atoms with Crippen molar-refractivity contribution in [3.8, 4) is 0 Å². The number of urea groups is 1. The molecule has 0 bridgehead atoms. The van der Waals surface area contributed by atoms with Crippen LogP contribution < -0.4 is 5.32 Å². The quantitative estimate of drug-likeness (QED) is 0.775. The fourth-order valence-corrected chi connectivity index (χ4v) is 4.82. The molecular weight excluding hydrogens is 292 g/mol. The first kappa shape index (κ1) is 16.3. The zero-order chi connectivity index (χ0) is 15.7. The smallest absolute Gasteiger partial charge is 0.309 e. The third kappa shape index (κ3) is 3.22. The van der Waals surface area contributed by atoms with Crippen LogP contribution in [0, 0.1) is 5.92 Å². The van der Waals surface area contributed by atoms with Crippen molar-refractivity contribution in [2.24, 2.45) is 5.92 Å². The van der Waals surface area contributed by atoms with Crippen molar-refractivity contribution in [1.82, 2.24) is 10.2 Å². The number of hydrogen-bond acceptors (Lipinski definition) is 4. The van der Waals surface area contributed by atoms with Crippen LogP contribution in [0.3, 0.4) is 0 Å². The summed E-state index contributed by atoms with van der Waals surface area (Å²) in [6.07, 6.45) is 3.75. The lowest BCUT2D eigenvalue weighted by Crippen LogP contribution is -2.53. The lowest BCUT2D eigenvalue weighted by Gasteiger charge is -2.40. The molecule has 0 aromatic heterocycles. The highest BCUT2D eigenvalue weighted by Crippen LogP contribution is 2.39. The molecule has 1 heterocycles. The number of carbonyl (C=O) groups excluding carboxylic acids is 2. The van der Waals surface area contributed by atoms with E-state index in [-0.39, 0.29) is 24.0 Å². The second-order valence-electron chi connectivity index (χ2n) is 6.30. The molecule has 3 amide bonds. The number of imide groups is 1. The van der Waals surface area contributed by atoms with Crippen LogP contribution in [-0.2, 0) is 14.6 Å². The van der Waals surface area contributed by atoms with Crippen LogP contribution in [0.4, 0.5) is 4.79 Å². The lowest BCUT2D eigenvalue weighted by atomic mass is 9.75. The molecule has 2 unspecified atom stereocenters. The van der Waals surface area contributed by atoms with E-state index in [1.54, 1.807) is 0 Å². The summed E-state index contributed by atoms with van der Waals surface area (Å²) >= 11 is 0. The normalized spacial score (nSPS) is 30.0. The Hall–Kier alpha value is -1.11. The maximum absolute atomic E-state index is 12.2. The molecule has 2 aliphatic rings. The van der Waals surface area contributed by atoms with Gasteiger partial charge in [0.05, 0.1) is 5.75 Å². The standard InChI is InChI=1S/C14H24N2O4S/c1-3-8-21(19,20)9-7-16-13(18)15-12(17)14(16)6-4-5-11(2)10-14/h11H,3-10H2,1-2H3,(H,15,17,18). The molecule has 1 spiro atoms. The summed E-state index contributed by atoms with van der Waals surface area (Å²) in [5, 5.41) is 2.37. The first-order chi connectivity index (χ1) is 9.81. The van der Waals surface area contributed by atoms with Gasteiger partial charge in [0.15, 0.2) is 9.84 Å². The zero-order valence-corrected chi connectivity index (χ0v) is 13.5. The monoisotopic (exact) mass is 316 g/mol. The Kier molecular flexibility index (Phi) is 4.60. The van der Waals surface area contributed by atoms with Crippen molar-refractivity contribution in [3.05, 3.63) is 0 Å². The summed E-state index contributed by atoms with van der Waals surface area (Å²) < 4.78 is 23.7. The van der Waals surface area contributed by atoms with Gasteiger partial charge in [0.25, 0.3) is 5.91 Å². The Morgan fingerprint density at radius 1 is 1.33 bits per heavy atom. The van der Waals surface area contributed by atoms with E-state index in [1.807, 2.05) is 6.92 Å². The van der Waals surface area contributed by atoms with E-state index in [1.165, 1.54) is 4.90 Å². The fraction of sp³-hybridized carbons (Fsp3) is 0.857. The molecule has 2 rings (SSSR count). The van der Waals surface area contributed by atoms with Gasteiger partial charge in [-0.25, -0.2) is 13.2 Å². The van der Waals surface area contributed by atoms with Crippen LogP contribution in [0.5, 0.6) is 0 Å². The number of sulfone groups is 1.